The highest BCUT2D eigenvalue weighted by Gasteiger charge is 2.25. The van der Waals surface area contributed by atoms with Gasteiger partial charge in [0.25, 0.3) is 5.91 Å². The first-order chi connectivity index (χ1) is 12.1. The smallest absolute Gasteiger partial charge is 0.255 e. The van der Waals surface area contributed by atoms with Crippen LogP contribution in [-0.2, 0) is 23.1 Å². The minimum atomic E-state index is -3.81. The Balaban J connectivity index is 2.36. The Morgan fingerprint density at radius 3 is 2.38 bits per heavy atom. The van der Waals surface area contributed by atoms with Crippen molar-refractivity contribution in [3.63, 3.8) is 0 Å². The average Bonchev–Trinajstić information content (AvgIpc) is 3.01. The third-order valence-corrected chi connectivity index (χ3v) is 6.37. The second-order valence-corrected chi connectivity index (χ2v) is 8.81. The van der Waals surface area contributed by atoms with Crippen LogP contribution in [0.2, 0.25) is 10.0 Å². The fraction of sp³-hybridized carbons (Fsp3) is 0.375. The molecule has 26 heavy (non-hydrogen) atoms. The molecule has 0 N–H and O–H groups in total. The second-order valence-electron chi connectivity index (χ2n) is 5.87. The van der Waals surface area contributed by atoms with Gasteiger partial charge in [0.1, 0.15) is 4.90 Å². The van der Waals surface area contributed by atoms with Crippen LogP contribution in [0.3, 0.4) is 0 Å². The molecule has 0 aliphatic heterocycles. The van der Waals surface area contributed by atoms with E-state index < -0.39 is 15.9 Å². The molecule has 0 bridgehead atoms. The monoisotopic (exact) mass is 418 g/mol. The molecule has 1 aromatic carbocycles. The van der Waals surface area contributed by atoms with Crippen LogP contribution in [0, 0.1) is 0 Å². The van der Waals surface area contributed by atoms with Gasteiger partial charge in [-0.1, -0.05) is 23.2 Å². The highest BCUT2D eigenvalue weighted by Crippen LogP contribution is 2.30. The SMILES string of the molecule is CCn1ccc(CN(C)C(=O)c2cc(S(=O)(=O)N(C)C)c(Cl)cc2Cl)n1. The maximum Gasteiger partial charge on any atom is 0.255 e. The number of hydrogen-bond acceptors (Lipinski definition) is 4. The summed E-state index contributed by atoms with van der Waals surface area (Å²) in [6.45, 7) is 2.96. The van der Waals surface area contributed by atoms with E-state index in [0.717, 1.165) is 10.8 Å². The van der Waals surface area contributed by atoms with E-state index in [-0.39, 0.29) is 27.0 Å². The van der Waals surface area contributed by atoms with Crippen LogP contribution in [0.5, 0.6) is 0 Å². The first-order valence-corrected chi connectivity index (χ1v) is 9.96. The molecule has 2 aromatic rings. The summed E-state index contributed by atoms with van der Waals surface area (Å²) in [5, 5.41) is 4.38. The zero-order chi connectivity index (χ0) is 19.6. The number of amides is 1. The van der Waals surface area contributed by atoms with Crippen LogP contribution in [0.15, 0.2) is 29.3 Å². The summed E-state index contributed by atoms with van der Waals surface area (Å²) in [6, 6.07) is 4.30. The Morgan fingerprint density at radius 1 is 1.19 bits per heavy atom. The highest BCUT2D eigenvalue weighted by molar-refractivity contribution is 7.89. The Hall–Kier alpha value is -1.61. The lowest BCUT2D eigenvalue weighted by molar-refractivity contribution is 0.0783. The van der Waals surface area contributed by atoms with Gasteiger partial charge in [-0.25, -0.2) is 12.7 Å². The lowest BCUT2D eigenvalue weighted by Crippen LogP contribution is -2.28. The van der Waals surface area contributed by atoms with Crippen LogP contribution in [-0.4, -0.2) is 54.5 Å². The van der Waals surface area contributed by atoms with Gasteiger partial charge in [-0.3, -0.25) is 9.48 Å². The first kappa shape index (κ1) is 20.7. The quantitative estimate of drug-likeness (QED) is 0.722. The summed E-state index contributed by atoms with van der Waals surface area (Å²) >= 11 is 12.2. The van der Waals surface area contributed by atoms with Gasteiger partial charge in [0.2, 0.25) is 10.0 Å². The molecule has 0 atom stereocenters. The van der Waals surface area contributed by atoms with E-state index in [0.29, 0.717) is 5.69 Å². The number of aromatic nitrogens is 2. The van der Waals surface area contributed by atoms with Crippen LogP contribution in [0.25, 0.3) is 0 Å². The van der Waals surface area contributed by atoms with Gasteiger partial charge >= 0.3 is 0 Å². The fourth-order valence-corrected chi connectivity index (χ4v) is 3.99. The number of carbonyl (C=O) groups excluding carboxylic acids is 1. The normalized spacial score (nSPS) is 11.8. The molecule has 0 aliphatic rings. The maximum atomic E-state index is 12.8. The molecule has 0 spiro atoms. The van der Waals surface area contributed by atoms with Crippen molar-refractivity contribution in [2.24, 2.45) is 0 Å². The van der Waals surface area contributed by atoms with E-state index in [4.69, 9.17) is 23.2 Å². The Labute approximate surface area is 163 Å². The van der Waals surface area contributed by atoms with Crippen molar-refractivity contribution in [2.75, 3.05) is 21.1 Å². The van der Waals surface area contributed by atoms with Gasteiger partial charge in [-0.05, 0) is 25.1 Å². The largest absolute Gasteiger partial charge is 0.336 e. The molecule has 0 saturated carbocycles. The van der Waals surface area contributed by atoms with Crippen molar-refractivity contribution >= 4 is 39.1 Å². The fourth-order valence-electron chi connectivity index (χ4n) is 2.27. The number of aryl methyl sites for hydroxylation is 1. The standard InChI is InChI=1S/C16H20Cl2N4O3S/c1-5-22-7-6-11(19-22)10-21(4)16(23)12-8-15(14(18)9-13(12)17)26(24,25)20(2)3/h6-9H,5,10H2,1-4H3. The molecule has 0 radical (unpaired) electrons. The van der Waals surface area contributed by atoms with Crippen molar-refractivity contribution in [2.45, 2.75) is 24.9 Å². The first-order valence-electron chi connectivity index (χ1n) is 7.77. The van der Waals surface area contributed by atoms with Gasteiger partial charge in [-0.15, -0.1) is 0 Å². The van der Waals surface area contributed by atoms with Crippen LogP contribution < -0.4 is 0 Å². The summed E-state index contributed by atoms with van der Waals surface area (Å²) in [5.74, 6) is -0.423. The van der Waals surface area contributed by atoms with Crippen molar-refractivity contribution in [3.05, 3.63) is 45.7 Å². The molecule has 10 heteroatoms. The van der Waals surface area contributed by atoms with Gasteiger partial charge < -0.3 is 4.90 Å². The summed E-state index contributed by atoms with van der Waals surface area (Å²) in [4.78, 5) is 14.0. The number of sulfonamides is 1. The maximum absolute atomic E-state index is 12.8. The topological polar surface area (TPSA) is 75.5 Å². The van der Waals surface area contributed by atoms with E-state index in [1.807, 2.05) is 19.2 Å². The minimum Gasteiger partial charge on any atom is -0.336 e. The second kappa shape index (κ2) is 7.96. The van der Waals surface area contributed by atoms with Crippen molar-refractivity contribution in [1.82, 2.24) is 19.0 Å². The summed E-state index contributed by atoms with van der Waals surface area (Å²) in [6.07, 6.45) is 1.82. The van der Waals surface area contributed by atoms with Crippen LogP contribution in [0.1, 0.15) is 23.0 Å². The van der Waals surface area contributed by atoms with Crippen LogP contribution in [0.4, 0.5) is 0 Å². The third-order valence-electron chi connectivity index (χ3n) is 3.78. The molecular formula is C16H20Cl2N4O3S. The molecule has 7 nitrogen and oxygen atoms in total. The lowest BCUT2D eigenvalue weighted by atomic mass is 10.2. The Bertz CT molecular complexity index is 926. The number of hydrogen-bond donors (Lipinski definition) is 0. The molecule has 2 rings (SSSR count). The summed E-state index contributed by atoms with van der Waals surface area (Å²) < 4.78 is 27.6. The average molecular weight is 419 g/mol. The molecule has 0 fully saturated rings. The van der Waals surface area contributed by atoms with Gasteiger partial charge in [0.05, 0.1) is 27.8 Å². The summed E-state index contributed by atoms with van der Waals surface area (Å²) in [7, 11) is 0.561. The lowest BCUT2D eigenvalue weighted by Gasteiger charge is -2.19. The number of nitrogens with zero attached hydrogens (tertiary/aromatic N) is 4. The van der Waals surface area contributed by atoms with Crippen molar-refractivity contribution < 1.29 is 13.2 Å². The number of rotatable bonds is 6. The van der Waals surface area contributed by atoms with E-state index >= 15 is 0 Å². The van der Waals surface area contributed by atoms with E-state index in [1.54, 1.807) is 11.7 Å². The van der Waals surface area contributed by atoms with E-state index in [1.165, 1.54) is 31.1 Å². The minimum absolute atomic E-state index is 0.0374. The molecule has 0 saturated heterocycles. The molecule has 0 aliphatic carbocycles. The van der Waals surface area contributed by atoms with Gasteiger partial charge in [0, 0.05) is 33.9 Å². The zero-order valence-electron chi connectivity index (χ0n) is 14.9. The third kappa shape index (κ3) is 4.20. The van der Waals surface area contributed by atoms with Crippen molar-refractivity contribution in [1.29, 1.82) is 0 Å². The van der Waals surface area contributed by atoms with E-state index in [2.05, 4.69) is 5.10 Å². The van der Waals surface area contributed by atoms with Gasteiger partial charge in [0.15, 0.2) is 0 Å². The molecule has 1 amide bonds. The molecule has 142 valence electrons. The number of benzene rings is 1. The molecule has 0 unspecified atom stereocenters. The van der Waals surface area contributed by atoms with Gasteiger partial charge in [-0.2, -0.15) is 5.10 Å². The Kier molecular flexibility index (Phi) is 6.33. The molecule has 1 aromatic heterocycles. The zero-order valence-corrected chi connectivity index (χ0v) is 17.2. The van der Waals surface area contributed by atoms with Crippen molar-refractivity contribution in [3.8, 4) is 0 Å². The van der Waals surface area contributed by atoms with Crippen LogP contribution >= 0.6 is 23.2 Å². The Morgan fingerprint density at radius 2 is 1.85 bits per heavy atom. The summed E-state index contributed by atoms with van der Waals surface area (Å²) in [5.41, 5.74) is 0.780. The predicted molar refractivity (Wildman–Crippen MR) is 101 cm³/mol. The predicted octanol–water partition coefficient (Wildman–Crippen LogP) is 2.73. The molecule has 1 heterocycles. The van der Waals surface area contributed by atoms with E-state index in [9.17, 15) is 13.2 Å². The number of halogens is 2. The number of carbonyl (C=O) groups is 1. The molecular weight excluding hydrogens is 399 g/mol. The highest BCUT2D eigenvalue weighted by atomic mass is 35.5.